The SMILES string of the molecule is CC(=O)C(=O)OC(C)(C)C12CC3CC(CC(C3)C1)C2. The number of rotatable bonds is 3. The smallest absolute Gasteiger partial charge is 0.374 e. The molecule has 0 atom stereocenters. The Morgan fingerprint density at radius 1 is 1.00 bits per heavy atom. The van der Waals surface area contributed by atoms with Crippen LogP contribution in [0.1, 0.15) is 59.3 Å². The van der Waals surface area contributed by atoms with Gasteiger partial charge in [0.05, 0.1) is 0 Å². The molecule has 0 saturated heterocycles. The summed E-state index contributed by atoms with van der Waals surface area (Å²) in [5.41, 5.74) is -0.390. The van der Waals surface area contributed by atoms with Gasteiger partial charge in [-0.1, -0.05) is 0 Å². The van der Waals surface area contributed by atoms with Crippen LogP contribution in [0.5, 0.6) is 0 Å². The van der Waals surface area contributed by atoms with E-state index in [0.29, 0.717) is 0 Å². The Labute approximate surface area is 115 Å². The first-order valence-electron chi connectivity index (χ1n) is 7.55. The van der Waals surface area contributed by atoms with Crippen LogP contribution in [-0.4, -0.2) is 17.4 Å². The number of Topliss-reactive ketones (excluding diaryl/α,β-unsaturated/α-hetero) is 1. The lowest BCUT2D eigenvalue weighted by Crippen LogP contribution is -2.57. The summed E-state index contributed by atoms with van der Waals surface area (Å²) >= 11 is 0. The van der Waals surface area contributed by atoms with Crippen molar-refractivity contribution in [3.05, 3.63) is 0 Å². The predicted molar refractivity (Wildman–Crippen MR) is 71.5 cm³/mol. The van der Waals surface area contributed by atoms with Crippen LogP contribution in [0.2, 0.25) is 0 Å². The van der Waals surface area contributed by atoms with Gasteiger partial charge in [-0.15, -0.1) is 0 Å². The number of carbonyl (C=O) groups excluding carboxylic acids is 2. The van der Waals surface area contributed by atoms with E-state index in [2.05, 4.69) is 0 Å². The van der Waals surface area contributed by atoms with Crippen LogP contribution in [-0.2, 0) is 14.3 Å². The maximum atomic E-state index is 11.7. The predicted octanol–water partition coefficient (Wildman–Crippen LogP) is 3.11. The average molecular weight is 264 g/mol. The number of hydrogen-bond acceptors (Lipinski definition) is 3. The zero-order chi connectivity index (χ0) is 13.8. The Morgan fingerprint density at radius 3 is 1.79 bits per heavy atom. The lowest BCUT2D eigenvalue weighted by atomic mass is 9.46. The van der Waals surface area contributed by atoms with E-state index in [4.69, 9.17) is 4.74 Å². The monoisotopic (exact) mass is 264 g/mol. The Balaban J connectivity index is 1.83. The van der Waals surface area contributed by atoms with Crippen LogP contribution in [0.15, 0.2) is 0 Å². The van der Waals surface area contributed by atoms with Crippen LogP contribution in [0, 0.1) is 23.2 Å². The Bertz CT molecular complexity index is 386. The molecule has 19 heavy (non-hydrogen) atoms. The van der Waals surface area contributed by atoms with Crippen molar-refractivity contribution >= 4 is 11.8 Å². The molecule has 106 valence electrons. The van der Waals surface area contributed by atoms with Gasteiger partial charge in [-0.3, -0.25) is 4.79 Å². The standard InChI is InChI=1S/C16H24O3/c1-10(17)14(18)19-15(2,3)16-7-11-4-12(8-16)6-13(5-11)9-16/h11-13H,4-9H2,1-3H3. The summed E-state index contributed by atoms with van der Waals surface area (Å²) in [6.07, 6.45) is 7.65. The minimum atomic E-state index is -0.666. The maximum absolute atomic E-state index is 11.7. The summed E-state index contributed by atoms with van der Waals surface area (Å²) < 4.78 is 5.60. The number of carbonyl (C=O) groups is 2. The lowest BCUT2D eigenvalue weighted by Gasteiger charge is -2.61. The highest BCUT2D eigenvalue weighted by molar-refractivity contribution is 6.32. The summed E-state index contributed by atoms with van der Waals surface area (Å²) in [4.78, 5) is 22.9. The van der Waals surface area contributed by atoms with Crippen molar-refractivity contribution < 1.29 is 14.3 Å². The van der Waals surface area contributed by atoms with Crippen LogP contribution in [0.3, 0.4) is 0 Å². The molecule has 4 rings (SSSR count). The third-order valence-electron chi connectivity index (χ3n) is 5.95. The van der Waals surface area contributed by atoms with Crippen LogP contribution < -0.4 is 0 Å². The van der Waals surface area contributed by atoms with Gasteiger partial charge in [0.1, 0.15) is 5.60 Å². The van der Waals surface area contributed by atoms with Crippen LogP contribution in [0.4, 0.5) is 0 Å². The molecule has 4 bridgehead atoms. The van der Waals surface area contributed by atoms with Gasteiger partial charge < -0.3 is 4.74 Å². The van der Waals surface area contributed by atoms with Gasteiger partial charge >= 0.3 is 5.97 Å². The van der Waals surface area contributed by atoms with Gasteiger partial charge in [-0.05, 0) is 70.1 Å². The Morgan fingerprint density at radius 2 is 1.42 bits per heavy atom. The molecule has 0 heterocycles. The van der Waals surface area contributed by atoms with E-state index in [1.807, 2.05) is 13.8 Å². The van der Waals surface area contributed by atoms with E-state index >= 15 is 0 Å². The van der Waals surface area contributed by atoms with Gasteiger partial charge in [0.2, 0.25) is 5.78 Å². The summed E-state index contributed by atoms with van der Waals surface area (Å²) in [5.74, 6) is 1.31. The van der Waals surface area contributed by atoms with E-state index in [9.17, 15) is 9.59 Å². The van der Waals surface area contributed by atoms with E-state index in [0.717, 1.165) is 17.8 Å². The van der Waals surface area contributed by atoms with Crippen molar-refractivity contribution in [1.82, 2.24) is 0 Å². The first kappa shape index (κ1) is 13.1. The topological polar surface area (TPSA) is 43.4 Å². The molecule has 4 fully saturated rings. The third kappa shape index (κ3) is 2.02. The molecule has 0 aromatic rings. The van der Waals surface area contributed by atoms with Gasteiger partial charge in [-0.2, -0.15) is 0 Å². The quantitative estimate of drug-likeness (QED) is 0.581. The summed E-state index contributed by atoms with van der Waals surface area (Å²) in [7, 11) is 0. The molecule has 4 aliphatic rings. The van der Waals surface area contributed by atoms with Gasteiger partial charge in [0.15, 0.2) is 0 Å². The van der Waals surface area contributed by atoms with E-state index < -0.39 is 17.4 Å². The summed E-state index contributed by atoms with van der Waals surface area (Å²) in [6.45, 7) is 5.32. The fourth-order valence-electron chi connectivity index (χ4n) is 5.26. The largest absolute Gasteiger partial charge is 0.453 e. The fourth-order valence-corrected chi connectivity index (χ4v) is 5.26. The van der Waals surface area contributed by atoms with E-state index in [-0.39, 0.29) is 5.41 Å². The number of esters is 1. The van der Waals surface area contributed by atoms with Crippen molar-refractivity contribution in [2.75, 3.05) is 0 Å². The highest BCUT2D eigenvalue weighted by Gasteiger charge is 2.58. The molecule has 4 aliphatic carbocycles. The minimum Gasteiger partial charge on any atom is -0.453 e. The first-order valence-corrected chi connectivity index (χ1v) is 7.55. The van der Waals surface area contributed by atoms with Crippen molar-refractivity contribution in [3.63, 3.8) is 0 Å². The van der Waals surface area contributed by atoms with Crippen molar-refractivity contribution in [1.29, 1.82) is 0 Å². The van der Waals surface area contributed by atoms with Crippen molar-refractivity contribution in [2.45, 2.75) is 64.9 Å². The van der Waals surface area contributed by atoms with E-state index in [1.54, 1.807) is 0 Å². The fraction of sp³-hybridized carbons (Fsp3) is 0.875. The molecule has 0 spiro atoms. The van der Waals surface area contributed by atoms with Gasteiger partial charge in [0, 0.05) is 12.3 Å². The molecule has 3 heteroatoms. The number of hydrogen-bond donors (Lipinski definition) is 0. The molecule has 0 radical (unpaired) electrons. The highest BCUT2D eigenvalue weighted by Crippen LogP contribution is 2.64. The second-order valence-electron chi connectivity index (χ2n) is 7.65. The molecule has 0 aliphatic heterocycles. The summed E-state index contributed by atoms with van der Waals surface area (Å²) in [6, 6.07) is 0. The average Bonchev–Trinajstić information content (AvgIpc) is 2.25. The number of ether oxygens (including phenoxy) is 1. The zero-order valence-electron chi connectivity index (χ0n) is 12.2. The second-order valence-corrected chi connectivity index (χ2v) is 7.65. The molecule has 0 aromatic carbocycles. The van der Waals surface area contributed by atoms with Crippen molar-refractivity contribution in [2.24, 2.45) is 23.2 Å². The molecule has 0 N–H and O–H groups in total. The first-order chi connectivity index (χ1) is 8.81. The number of ketones is 1. The Hall–Kier alpha value is -0.860. The van der Waals surface area contributed by atoms with Crippen LogP contribution in [0.25, 0.3) is 0 Å². The molecule has 0 amide bonds. The van der Waals surface area contributed by atoms with Crippen LogP contribution >= 0.6 is 0 Å². The Kier molecular flexibility index (Phi) is 2.81. The normalized spacial score (nSPS) is 40.3. The zero-order valence-corrected chi connectivity index (χ0v) is 12.2. The molecular formula is C16H24O3. The van der Waals surface area contributed by atoms with E-state index in [1.165, 1.54) is 45.4 Å². The molecule has 4 saturated carbocycles. The highest BCUT2D eigenvalue weighted by atomic mass is 16.6. The minimum absolute atomic E-state index is 0.118. The van der Waals surface area contributed by atoms with Crippen molar-refractivity contribution in [3.8, 4) is 0 Å². The third-order valence-corrected chi connectivity index (χ3v) is 5.95. The molecule has 0 unspecified atom stereocenters. The maximum Gasteiger partial charge on any atom is 0.374 e. The van der Waals surface area contributed by atoms with Gasteiger partial charge in [0.25, 0.3) is 0 Å². The molecule has 0 aromatic heterocycles. The summed E-state index contributed by atoms with van der Waals surface area (Å²) in [5, 5.41) is 0. The second kappa shape index (κ2) is 4.07. The molecule has 3 nitrogen and oxygen atoms in total. The molecular weight excluding hydrogens is 240 g/mol. The lowest BCUT2D eigenvalue weighted by molar-refractivity contribution is -0.198. The van der Waals surface area contributed by atoms with Gasteiger partial charge in [-0.25, -0.2) is 4.79 Å².